The number of carbonyl (C=O) groups is 1. The third-order valence-electron chi connectivity index (χ3n) is 3.97. The monoisotopic (exact) mass is 466 g/mol. The van der Waals surface area contributed by atoms with Crippen molar-refractivity contribution in [3.63, 3.8) is 0 Å². The minimum absolute atomic E-state index is 0. The second-order valence-corrected chi connectivity index (χ2v) is 7.91. The molecule has 2 aromatic carbocycles. The van der Waals surface area contributed by atoms with E-state index in [-0.39, 0.29) is 24.8 Å². The second kappa shape index (κ2) is 19.3. The van der Waals surface area contributed by atoms with Crippen LogP contribution in [0.3, 0.4) is 0 Å². The van der Waals surface area contributed by atoms with Crippen molar-refractivity contribution in [3.05, 3.63) is 114 Å². The lowest BCUT2D eigenvalue weighted by molar-refractivity contribution is -0.115. The highest BCUT2D eigenvalue weighted by molar-refractivity contribution is 5.92. The number of Topliss-reactive ketones (excluding diaryl/α,β-unsaturated/α-hetero) is 1. The Hall–Kier alpha value is -3.20. The summed E-state index contributed by atoms with van der Waals surface area (Å²) in [4.78, 5) is 11.7. The summed E-state index contributed by atoms with van der Waals surface area (Å²) in [6.07, 6.45) is 6.92. The molecule has 0 N–H and O–H groups in total. The number of carbonyl (C=O) groups excluding carboxylic acids is 1. The van der Waals surface area contributed by atoms with Crippen molar-refractivity contribution in [2.24, 2.45) is 0 Å². The van der Waals surface area contributed by atoms with Gasteiger partial charge in [-0.3, -0.25) is 4.79 Å². The van der Waals surface area contributed by atoms with Crippen molar-refractivity contribution in [3.8, 4) is 5.75 Å². The Kier molecular flexibility index (Phi) is 18.7. The van der Waals surface area contributed by atoms with Crippen molar-refractivity contribution in [1.29, 1.82) is 0 Å². The fraction of sp³-hybridized carbons (Fsp3) is 0.323. The molecule has 0 aromatic heterocycles. The third kappa shape index (κ3) is 16.4. The van der Waals surface area contributed by atoms with E-state index in [0.29, 0.717) is 5.75 Å². The normalized spacial score (nSPS) is 10.4. The van der Waals surface area contributed by atoms with Gasteiger partial charge in [-0.1, -0.05) is 81.8 Å². The average molecular weight is 467 g/mol. The van der Waals surface area contributed by atoms with Gasteiger partial charge in [-0.2, -0.15) is 0 Å². The van der Waals surface area contributed by atoms with Crippen LogP contribution in [0.15, 0.2) is 102 Å². The lowest BCUT2D eigenvalue weighted by Gasteiger charge is -2.09. The molecular formula is C31H43FO2. The van der Waals surface area contributed by atoms with Gasteiger partial charge in [0.1, 0.15) is 11.6 Å². The number of hydrogen-bond donors (Lipinski definition) is 0. The Balaban J connectivity index is 0. The van der Waals surface area contributed by atoms with Gasteiger partial charge in [-0.15, -0.1) is 6.58 Å². The van der Waals surface area contributed by atoms with Gasteiger partial charge >= 0.3 is 0 Å². The molecule has 3 heteroatoms. The highest BCUT2D eigenvalue weighted by Gasteiger charge is 2.09. The molecule has 0 unspecified atom stereocenters. The zero-order valence-corrected chi connectivity index (χ0v) is 21.1. The summed E-state index contributed by atoms with van der Waals surface area (Å²) in [6, 6.07) is 16.1. The molecule has 0 amide bonds. The number of ether oxygens (including phenoxy) is 1. The Bertz CT molecular complexity index is 916. The maximum atomic E-state index is 12.8. The van der Waals surface area contributed by atoms with E-state index in [9.17, 15) is 9.18 Å². The molecule has 0 saturated carbocycles. The van der Waals surface area contributed by atoms with Gasteiger partial charge in [0.25, 0.3) is 0 Å². The van der Waals surface area contributed by atoms with Crippen LogP contribution >= 0.6 is 0 Å². The van der Waals surface area contributed by atoms with Gasteiger partial charge in [0.15, 0.2) is 11.5 Å². The number of ketones is 1. The van der Waals surface area contributed by atoms with E-state index < -0.39 is 0 Å². The van der Waals surface area contributed by atoms with Gasteiger partial charge in [0.2, 0.25) is 0 Å². The van der Waals surface area contributed by atoms with Crippen LogP contribution in [0.4, 0.5) is 4.39 Å². The molecular weight excluding hydrogens is 423 g/mol. The van der Waals surface area contributed by atoms with E-state index in [1.165, 1.54) is 55.2 Å². The fourth-order valence-corrected chi connectivity index (χ4v) is 2.48. The molecule has 186 valence electrons. The predicted molar refractivity (Wildman–Crippen MR) is 147 cm³/mol. The van der Waals surface area contributed by atoms with E-state index in [1.54, 1.807) is 6.08 Å². The van der Waals surface area contributed by atoms with Crippen molar-refractivity contribution in [2.45, 2.75) is 68.2 Å². The van der Waals surface area contributed by atoms with Crippen LogP contribution in [-0.4, -0.2) is 5.78 Å². The second-order valence-electron chi connectivity index (χ2n) is 7.91. The first kappa shape index (κ1) is 33.0. The van der Waals surface area contributed by atoms with Gasteiger partial charge in [-0.05, 0) is 75.1 Å². The summed E-state index contributed by atoms with van der Waals surface area (Å²) in [7, 11) is 0. The summed E-state index contributed by atoms with van der Waals surface area (Å²) in [5.74, 6) is 0.0847. The minimum Gasteiger partial charge on any atom is -0.454 e. The molecule has 0 aliphatic carbocycles. The molecule has 0 heterocycles. The van der Waals surface area contributed by atoms with Gasteiger partial charge in [0, 0.05) is 6.92 Å². The first-order valence-electron chi connectivity index (χ1n) is 11.3. The summed E-state index contributed by atoms with van der Waals surface area (Å²) in [6.45, 7) is 18.9. The Morgan fingerprint density at radius 2 is 1.47 bits per heavy atom. The highest BCUT2D eigenvalue weighted by atomic mass is 19.1. The molecule has 0 atom stereocenters. The lowest BCUT2D eigenvalue weighted by Crippen LogP contribution is -2.06. The zero-order valence-electron chi connectivity index (χ0n) is 21.1. The van der Waals surface area contributed by atoms with Crippen LogP contribution in [0.1, 0.15) is 67.4 Å². The number of rotatable bonds is 8. The zero-order chi connectivity index (χ0) is 25.2. The number of benzene rings is 2. The topological polar surface area (TPSA) is 26.3 Å². The maximum absolute atomic E-state index is 12.8. The van der Waals surface area contributed by atoms with Crippen molar-refractivity contribution in [1.82, 2.24) is 0 Å². The Morgan fingerprint density at radius 3 is 1.88 bits per heavy atom. The number of allylic oxidation sites excluding steroid dienone is 6. The van der Waals surface area contributed by atoms with E-state index in [2.05, 4.69) is 50.4 Å². The quantitative estimate of drug-likeness (QED) is 0.168. The number of hydrogen-bond acceptors (Lipinski definition) is 2. The van der Waals surface area contributed by atoms with Crippen LogP contribution in [0.25, 0.3) is 0 Å². The predicted octanol–water partition coefficient (Wildman–Crippen LogP) is 9.45. The summed E-state index contributed by atoms with van der Waals surface area (Å²) in [5, 5.41) is 0. The molecule has 0 saturated heterocycles. The molecule has 2 nitrogen and oxygen atoms in total. The molecule has 0 radical (unpaired) electrons. The van der Waals surface area contributed by atoms with E-state index in [1.807, 2.05) is 33.8 Å². The van der Waals surface area contributed by atoms with E-state index in [4.69, 9.17) is 4.74 Å². The fourth-order valence-electron chi connectivity index (χ4n) is 2.48. The van der Waals surface area contributed by atoms with E-state index in [0.717, 1.165) is 17.6 Å². The van der Waals surface area contributed by atoms with Crippen molar-refractivity contribution >= 4 is 5.78 Å². The molecule has 0 fully saturated rings. The van der Waals surface area contributed by atoms with E-state index >= 15 is 0 Å². The summed E-state index contributed by atoms with van der Waals surface area (Å²) < 4.78 is 18.4. The summed E-state index contributed by atoms with van der Waals surface area (Å²) >= 11 is 0. The smallest absolute Gasteiger partial charge is 0.194 e. The average Bonchev–Trinajstić information content (AvgIpc) is 2.75. The molecule has 2 aromatic rings. The molecule has 34 heavy (non-hydrogen) atoms. The third-order valence-corrected chi connectivity index (χ3v) is 3.97. The molecule has 0 aliphatic heterocycles. The van der Waals surface area contributed by atoms with Gasteiger partial charge in [0.05, 0.1) is 0 Å². The Morgan fingerprint density at radius 1 is 0.941 bits per heavy atom. The van der Waals surface area contributed by atoms with Crippen LogP contribution < -0.4 is 4.74 Å². The summed E-state index contributed by atoms with van der Waals surface area (Å²) in [5.41, 5.74) is 4.33. The van der Waals surface area contributed by atoms with Crippen LogP contribution in [0.5, 0.6) is 5.75 Å². The minimum atomic E-state index is -0.348. The molecule has 0 aliphatic rings. The Labute approximate surface area is 207 Å². The first-order chi connectivity index (χ1) is 15.6. The standard InChI is InChI=1S/C17H19FO2.C9H12.C4H8.CH4/c1-5-6-14(12(2)3)11-17(13(4)19)20-16-9-7-15(18)8-10-16;1-2-6-9-7-4-3-5-8-9;1-4(2)3;/h6-11H,2,5H2,1,3-4H3;3-5,7-8H,2,6H2,1H3;1H2,2-3H3;1H4/b14-6-,17-11+;;;. The maximum Gasteiger partial charge on any atom is 0.194 e. The van der Waals surface area contributed by atoms with Crippen LogP contribution in [-0.2, 0) is 11.2 Å². The molecule has 0 bridgehead atoms. The highest BCUT2D eigenvalue weighted by Crippen LogP contribution is 2.18. The van der Waals surface area contributed by atoms with Crippen LogP contribution in [0.2, 0.25) is 0 Å². The van der Waals surface area contributed by atoms with Gasteiger partial charge < -0.3 is 4.74 Å². The first-order valence-corrected chi connectivity index (χ1v) is 11.3. The van der Waals surface area contributed by atoms with Gasteiger partial charge in [-0.25, -0.2) is 4.39 Å². The lowest BCUT2D eigenvalue weighted by atomic mass is 10.1. The number of halogens is 1. The number of aryl methyl sites for hydroxylation is 1. The largest absolute Gasteiger partial charge is 0.454 e. The van der Waals surface area contributed by atoms with Crippen molar-refractivity contribution in [2.75, 3.05) is 0 Å². The SMILES string of the molecule is C.C=C(C)C.C=C(C)C(=C\CC)/C=C(/Oc1ccc(F)cc1)C(C)=O.CCCc1ccccc1. The molecule has 2 rings (SSSR count). The van der Waals surface area contributed by atoms with Crippen LogP contribution in [0, 0.1) is 5.82 Å². The molecule has 0 spiro atoms. The van der Waals surface area contributed by atoms with Crippen molar-refractivity contribution < 1.29 is 13.9 Å².